The van der Waals surface area contributed by atoms with E-state index in [1.807, 2.05) is 24.5 Å². The van der Waals surface area contributed by atoms with Gasteiger partial charge in [-0.1, -0.05) is 12.1 Å². The first-order chi connectivity index (χ1) is 11.3. The van der Waals surface area contributed by atoms with Crippen molar-refractivity contribution < 1.29 is 4.74 Å². The molecule has 0 fully saturated rings. The number of nitrogens with one attached hydrogen (secondary N) is 2. The third-order valence-corrected chi connectivity index (χ3v) is 4.03. The van der Waals surface area contributed by atoms with Gasteiger partial charge in [0.1, 0.15) is 0 Å². The monoisotopic (exact) mass is 310 g/mol. The Kier molecular flexibility index (Phi) is 3.55. The van der Waals surface area contributed by atoms with Gasteiger partial charge < -0.3 is 15.0 Å². The van der Waals surface area contributed by atoms with E-state index >= 15 is 0 Å². The van der Waals surface area contributed by atoms with Gasteiger partial charge in [-0.25, -0.2) is 9.97 Å². The lowest BCUT2D eigenvalue weighted by molar-refractivity contribution is 0.205. The Morgan fingerprint density at radius 2 is 2.26 bits per heavy atom. The molecule has 118 valence electrons. The van der Waals surface area contributed by atoms with E-state index < -0.39 is 0 Å². The normalized spacial score (nSPS) is 13.9. The average Bonchev–Trinajstić information content (AvgIpc) is 3.07. The fraction of sp³-hybridized carbons (Fsp3) is 0.312. The van der Waals surface area contributed by atoms with Gasteiger partial charge in [-0.05, 0) is 6.07 Å². The van der Waals surface area contributed by atoms with Crippen LogP contribution >= 0.6 is 0 Å². The van der Waals surface area contributed by atoms with Crippen molar-refractivity contribution in [2.24, 2.45) is 0 Å². The van der Waals surface area contributed by atoms with E-state index in [0.717, 1.165) is 53.4 Å². The lowest BCUT2D eigenvalue weighted by Crippen LogP contribution is -2.37. The topological polar surface area (TPSA) is 79.0 Å². The minimum atomic E-state index is 0.672. The summed E-state index contributed by atoms with van der Waals surface area (Å²) in [7, 11) is 1.71. The molecule has 0 radical (unpaired) electrons. The van der Waals surface area contributed by atoms with Crippen LogP contribution in [0.25, 0.3) is 22.2 Å². The first-order valence-corrected chi connectivity index (χ1v) is 7.63. The van der Waals surface area contributed by atoms with Crippen molar-refractivity contribution in [2.75, 3.05) is 43.6 Å². The SMILES string of the molecule is COCCN1CCNc2ncc(-c3ccc4cn[nH]c4c3)nc21. The Morgan fingerprint density at radius 3 is 3.17 bits per heavy atom. The summed E-state index contributed by atoms with van der Waals surface area (Å²) >= 11 is 0. The molecule has 0 saturated heterocycles. The summed E-state index contributed by atoms with van der Waals surface area (Å²) in [5.41, 5.74) is 2.87. The standard InChI is InChI=1S/C16H18N6O/c1-23-7-6-22-5-4-17-15-16(22)20-14(10-18-15)11-2-3-12-9-19-21-13(12)8-11/h2-3,8-10H,4-7H2,1H3,(H,17,18)(H,19,21). The summed E-state index contributed by atoms with van der Waals surface area (Å²) in [6.07, 6.45) is 3.62. The van der Waals surface area contributed by atoms with Crippen LogP contribution in [0.1, 0.15) is 0 Å². The maximum atomic E-state index is 5.19. The molecule has 0 aliphatic carbocycles. The van der Waals surface area contributed by atoms with Crippen LogP contribution in [0.2, 0.25) is 0 Å². The lowest BCUT2D eigenvalue weighted by Gasteiger charge is -2.30. The molecule has 23 heavy (non-hydrogen) atoms. The number of hydrogen-bond donors (Lipinski definition) is 2. The summed E-state index contributed by atoms with van der Waals surface area (Å²) in [4.78, 5) is 11.6. The van der Waals surface area contributed by atoms with Gasteiger partial charge in [-0.2, -0.15) is 5.10 Å². The molecule has 0 atom stereocenters. The van der Waals surface area contributed by atoms with Gasteiger partial charge in [0, 0.05) is 37.7 Å². The van der Waals surface area contributed by atoms with Gasteiger partial charge in [-0.15, -0.1) is 0 Å². The summed E-state index contributed by atoms with van der Waals surface area (Å²) in [6.45, 7) is 3.24. The van der Waals surface area contributed by atoms with Gasteiger partial charge in [0.15, 0.2) is 11.6 Å². The Bertz CT molecular complexity index is 830. The second-order valence-electron chi connectivity index (χ2n) is 5.51. The third-order valence-electron chi connectivity index (χ3n) is 4.03. The number of aromatic nitrogens is 4. The molecule has 3 aromatic rings. The van der Waals surface area contributed by atoms with Crippen LogP contribution in [-0.2, 0) is 4.74 Å². The van der Waals surface area contributed by atoms with Crippen molar-refractivity contribution in [3.63, 3.8) is 0 Å². The van der Waals surface area contributed by atoms with Gasteiger partial charge in [0.2, 0.25) is 0 Å². The average molecular weight is 310 g/mol. The van der Waals surface area contributed by atoms with Gasteiger partial charge >= 0.3 is 0 Å². The first-order valence-electron chi connectivity index (χ1n) is 7.63. The summed E-state index contributed by atoms with van der Waals surface area (Å²) in [5, 5.41) is 11.4. The van der Waals surface area contributed by atoms with Gasteiger partial charge in [0.05, 0.1) is 30.2 Å². The van der Waals surface area contributed by atoms with E-state index in [9.17, 15) is 0 Å². The highest BCUT2D eigenvalue weighted by Gasteiger charge is 2.20. The van der Waals surface area contributed by atoms with Gasteiger partial charge in [-0.3, -0.25) is 5.10 Å². The number of rotatable bonds is 4. The summed E-state index contributed by atoms with van der Waals surface area (Å²) in [6, 6.07) is 6.13. The smallest absolute Gasteiger partial charge is 0.172 e. The van der Waals surface area contributed by atoms with E-state index in [4.69, 9.17) is 9.72 Å². The quantitative estimate of drug-likeness (QED) is 0.766. The van der Waals surface area contributed by atoms with Crippen molar-refractivity contribution in [2.45, 2.75) is 0 Å². The second-order valence-corrected chi connectivity index (χ2v) is 5.51. The van der Waals surface area contributed by atoms with Crippen LogP contribution < -0.4 is 10.2 Å². The number of anilines is 2. The molecule has 0 spiro atoms. The maximum Gasteiger partial charge on any atom is 0.172 e. The molecule has 0 amide bonds. The Labute approximate surface area is 133 Å². The zero-order valence-electron chi connectivity index (χ0n) is 12.9. The van der Waals surface area contributed by atoms with Crippen LogP contribution in [0.3, 0.4) is 0 Å². The van der Waals surface area contributed by atoms with Gasteiger partial charge in [0.25, 0.3) is 0 Å². The molecule has 7 heteroatoms. The summed E-state index contributed by atoms with van der Waals surface area (Å²) < 4.78 is 5.19. The number of fused-ring (bicyclic) bond motifs is 2. The fourth-order valence-electron chi connectivity index (χ4n) is 2.79. The number of H-pyrrole nitrogens is 1. The highest BCUT2D eigenvalue weighted by molar-refractivity contribution is 5.83. The molecule has 2 N–H and O–H groups in total. The van der Waals surface area contributed by atoms with Crippen molar-refractivity contribution in [1.82, 2.24) is 20.2 Å². The molecule has 1 aliphatic rings. The van der Waals surface area contributed by atoms with E-state index in [1.54, 1.807) is 7.11 Å². The van der Waals surface area contributed by atoms with Crippen molar-refractivity contribution in [3.8, 4) is 11.3 Å². The van der Waals surface area contributed by atoms with E-state index in [2.05, 4.69) is 31.5 Å². The fourth-order valence-corrected chi connectivity index (χ4v) is 2.79. The zero-order chi connectivity index (χ0) is 15.6. The van der Waals surface area contributed by atoms with Crippen LogP contribution in [0.15, 0.2) is 30.6 Å². The minimum Gasteiger partial charge on any atom is -0.383 e. The molecule has 7 nitrogen and oxygen atoms in total. The predicted molar refractivity (Wildman–Crippen MR) is 89.7 cm³/mol. The highest BCUT2D eigenvalue weighted by Crippen LogP contribution is 2.28. The highest BCUT2D eigenvalue weighted by atomic mass is 16.5. The molecule has 0 saturated carbocycles. The van der Waals surface area contributed by atoms with Crippen molar-refractivity contribution >= 4 is 22.5 Å². The largest absolute Gasteiger partial charge is 0.383 e. The van der Waals surface area contributed by atoms with Crippen molar-refractivity contribution in [3.05, 3.63) is 30.6 Å². The molecular formula is C16H18N6O. The van der Waals surface area contributed by atoms with E-state index in [0.29, 0.717) is 6.61 Å². The molecule has 1 aliphatic heterocycles. The molecule has 0 unspecified atom stereocenters. The third kappa shape index (κ3) is 2.59. The first kappa shape index (κ1) is 14.0. The van der Waals surface area contributed by atoms with E-state index in [1.165, 1.54) is 0 Å². The molecule has 1 aromatic carbocycles. The summed E-state index contributed by atoms with van der Waals surface area (Å²) in [5.74, 6) is 1.72. The number of nitrogens with zero attached hydrogens (tertiary/aromatic N) is 4. The molecular weight excluding hydrogens is 292 g/mol. The number of hydrogen-bond acceptors (Lipinski definition) is 6. The Balaban J connectivity index is 1.72. The number of ether oxygens (including phenoxy) is 1. The van der Waals surface area contributed by atoms with Crippen LogP contribution in [0.5, 0.6) is 0 Å². The Morgan fingerprint density at radius 1 is 1.30 bits per heavy atom. The van der Waals surface area contributed by atoms with E-state index in [-0.39, 0.29) is 0 Å². The number of methoxy groups -OCH3 is 1. The lowest BCUT2D eigenvalue weighted by atomic mass is 10.1. The van der Waals surface area contributed by atoms with Crippen LogP contribution in [-0.4, -0.2) is 53.5 Å². The van der Waals surface area contributed by atoms with Crippen LogP contribution in [0, 0.1) is 0 Å². The predicted octanol–water partition coefficient (Wildman–Crippen LogP) is 1.90. The molecule has 0 bridgehead atoms. The second kappa shape index (κ2) is 5.85. The maximum absolute atomic E-state index is 5.19. The molecule has 2 aromatic heterocycles. The zero-order valence-corrected chi connectivity index (χ0v) is 12.9. The molecule has 4 rings (SSSR count). The minimum absolute atomic E-state index is 0.672. The number of aromatic amines is 1. The van der Waals surface area contributed by atoms with Crippen molar-refractivity contribution in [1.29, 1.82) is 0 Å². The van der Waals surface area contributed by atoms with Crippen LogP contribution in [0.4, 0.5) is 11.6 Å². The molecule has 3 heterocycles. The Hall–Kier alpha value is -2.67. The number of benzene rings is 1.